The van der Waals surface area contributed by atoms with Crippen molar-refractivity contribution in [3.05, 3.63) is 29.3 Å². The van der Waals surface area contributed by atoms with E-state index in [4.69, 9.17) is 11.6 Å². The number of hydrogen-bond donors (Lipinski definition) is 0. The lowest BCUT2D eigenvalue weighted by atomic mass is 10.0. The van der Waals surface area contributed by atoms with Gasteiger partial charge in [0.15, 0.2) is 0 Å². The van der Waals surface area contributed by atoms with Crippen LogP contribution in [0.1, 0.15) is 26.2 Å². The number of carbonyl (C=O) groups excluding carboxylic acids is 2. The molecule has 1 saturated heterocycles. The van der Waals surface area contributed by atoms with Crippen LogP contribution in [0.3, 0.4) is 0 Å². The lowest BCUT2D eigenvalue weighted by Gasteiger charge is -2.32. The van der Waals surface area contributed by atoms with Gasteiger partial charge in [-0.15, -0.1) is 0 Å². The second-order valence-corrected chi connectivity index (χ2v) is 7.42. The fraction of sp³-hybridized carbons (Fsp3) is 0.556. The Morgan fingerprint density at radius 3 is 2.58 bits per heavy atom. The van der Waals surface area contributed by atoms with Gasteiger partial charge in [-0.1, -0.05) is 23.7 Å². The second kappa shape index (κ2) is 7.10. The van der Waals surface area contributed by atoms with Crippen LogP contribution in [0.2, 0.25) is 5.02 Å². The highest BCUT2D eigenvalue weighted by Gasteiger charge is 2.45. The fourth-order valence-electron chi connectivity index (χ4n) is 3.46. The molecule has 0 spiro atoms. The zero-order valence-electron chi connectivity index (χ0n) is 14.3. The summed E-state index contributed by atoms with van der Waals surface area (Å²) in [4.78, 5) is 27.5. The predicted octanol–water partition coefficient (Wildman–Crippen LogP) is 3.88. The number of para-hydroxylation sites is 1. The van der Waals surface area contributed by atoms with Crippen LogP contribution in [-0.4, -0.2) is 42.0 Å². The smallest absolute Gasteiger partial charge is 0.330 e. The lowest BCUT2D eigenvalue weighted by Crippen LogP contribution is -2.48. The number of rotatable bonds is 5. The van der Waals surface area contributed by atoms with Gasteiger partial charge in [-0.2, -0.15) is 13.2 Å². The molecule has 1 saturated carbocycles. The molecule has 1 aromatic rings. The van der Waals surface area contributed by atoms with Crippen molar-refractivity contribution in [1.82, 2.24) is 4.90 Å². The molecule has 2 fully saturated rings. The van der Waals surface area contributed by atoms with Crippen LogP contribution in [0.15, 0.2) is 24.3 Å². The van der Waals surface area contributed by atoms with Crippen molar-refractivity contribution in [3.8, 4) is 0 Å². The van der Waals surface area contributed by atoms with Crippen molar-refractivity contribution in [2.75, 3.05) is 18.0 Å². The summed E-state index contributed by atoms with van der Waals surface area (Å²) < 4.78 is 38.9. The highest BCUT2D eigenvalue weighted by Crippen LogP contribution is 2.38. The van der Waals surface area contributed by atoms with E-state index < -0.39 is 30.6 Å². The molecule has 8 heteroatoms. The Morgan fingerprint density at radius 1 is 1.35 bits per heavy atom. The minimum absolute atomic E-state index is 0.0488. The highest BCUT2D eigenvalue weighted by atomic mass is 35.5. The van der Waals surface area contributed by atoms with Gasteiger partial charge in [0.05, 0.1) is 16.6 Å². The average Bonchev–Trinajstić information content (AvgIpc) is 3.34. The number of halogens is 4. The van der Waals surface area contributed by atoms with Crippen LogP contribution in [0.25, 0.3) is 0 Å². The first kappa shape index (κ1) is 19.0. The van der Waals surface area contributed by atoms with Gasteiger partial charge in [-0.25, -0.2) is 0 Å². The van der Waals surface area contributed by atoms with E-state index in [0.29, 0.717) is 10.7 Å². The van der Waals surface area contributed by atoms with Crippen LogP contribution in [0, 0.1) is 11.8 Å². The summed E-state index contributed by atoms with van der Waals surface area (Å²) in [6, 6.07) is 6.25. The summed E-state index contributed by atoms with van der Waals surface area (Å²) in [7, 11) is 0. The minimum Gasteiger partial charge on any atom is -0.330 e. The van der Waals surface area contributed by atoms with Crippen LogP contribution >= 0.6 is 11.6 Å². The molecule has 2 unspecified atom stereocenters. The largest absolute Gasteiger partial charge is 0.406 e. The number of alkyl halides is 3. The number of benzene rings is 1. The lowest BCUT2D eigenvalue weighted by molar-refractivity contribution is -0.168. The number of hydrogen-bond acceptors (Lipinski definition) is 2. The van der Waals surface area contributed by atoms with Crippen molar-refractivity contribution in [2.24, 2.45) is 11.8 Å². The van der Waals surface area contributed by atoms with E-state index in [2.05, 4.69) is 0 Å². The van der Waals surface area contributed by atoms with Crippen molar-refractivity contribution >= 4 is 29.1 Å². The zero-order chi connectivity index (χ0) is 19.1. The van der Waals surface area contributed by atoms with Crippen LogP contribution in [0.4, 0.5) is 18.9 Å². The third kappa shape index (κ3) is 4.14. The van der Waals surface area contributed by atoms with E-state index in [1.54, 1.807) is 31.2 Å². The fourth-order valence-corrected chi connectivity index (χ4v) is 3.70. The Bertz CT molecular complexity index is 706. The van der Waals surface area contributed by atoms with Gasteiger partial charge < -0.3 is 9.80 Å². The molecule has 2 aliphatic rings. The van der Waals surface area contributed by atoms with Crippen molar-refractivity contribution in [3.63, 3.8) is 0 Å². The van der Waals surface area contributed by atoms with Gasteiger partial charge in [0.2, 0.25) is 11.8 Å². The van der Waals surface area contributed by atoms with Crippen LogP contribution < -0.4 is 4.90 Å². The van der Waals surface area contributed by atoms with Gasteiger partial charge >= 0.3 is 6.18 Å². The van der Waals surface area contributed by atoms with E-state index in [-0.39, 0.29) is 24.8 Å². The van der Waals surface area contributed by atoms with Crippen molar-refractivity contribution in [1.29, 1.82) is 0 Å². The summed E-state index contributed by atoms with van der Waals surface area (Å²) in [6.07, 6.45) is -2.91. The first-order valence-corrected chi connectivity index (χ1v) is 8.97. The Labute approximate surface area is 154 Å². The molecule has 0 radical (unpaired) electrons. The number of nitrogens with zero attached hydrogens (tertiary/aromatic N) is 2. The molecule has 2 atom stereocenters. The Morgan fingerprint density at radius 2 is 2.00 bits per heavy atom. The number of anilines is 1. The standard InChI is InChI=1S/C18H20ClF3N2O2/c1-11(12-6-7-12)24(10-18(20,21)22)17(26)13-8-16(25)23(9-13)15-5-3-2-4-14(15)19/h2-5,11-13H,6-10H2,1H3. The first-order valence-electron chi connectivity index (χ1n) is 8.59. The van der Waals surface area contributed by atoms with E-state index in [1.165, 1.54) is 4.90 Å². The highest BCUT2D eigenvalue weighted by molar-refractivity contribution is 6.33. The molecule has 1 aromatic carbocycles. The first-order chi connectivity index (χ1) is 12.2. The molecule has 0 aromatic heterocycles. The average molecular weight is 389 g/mol. The Balaban J connectivity index is 1.77. The maximum atomic E-state index is 13.0. The molecule has 0 N–H and O–H groups in total. The monoisotopic (exact) mass is 388 g/mol. The molecule has 26 heavy (non-hydrogen) atoms. The Hall–Kier alpha value is -1.76. The van der Waals surface area contributed by atoms with Crippen LogP contribution in [-0.2, 0) is 9.59 Å². The van der Waals surface area contributed by atoms with Crippen LogP contribution in [0.5, 0.6) is 0 Å². The van der Waals surface area contributed by atoms with Gasteiger partial charge in [-0.3, -0.25) is 9.59 Å². The third-order valence-electron chi connectivity index (χ3n) is 5.05. The molecule has 4 nitrogen and oxygen atoms in total. The molecular formula is C18H20ClF3N2O2. The van der Waals surface area contributed by atoms with Gasteiger partial charge in [0.1, 0.15) is 6.54 Å². The third-order valence-corrected chi connectivity index (χ3v) is 5.37. The molecule has 1 aliphatic heterocycles. The molecular weight excluding hydrogens is 369 g/mol. The molecule has 142 valence electrons. The summed E-state index contributed by atoms with van der Waals surface area (Å²) in [6.45, 7) is 0.428. The SMILES string of the molecule is CC(C1CC1)N(CC(F)(F)F)C(=O)C1CC(=O)N(c2ccccc2Cl)C1. The van der Waals surface area contributed by atoms with Gasteiger partial charge in [0, 0.05) is 19.0 Å². The maximum absolute atomic E-state index is 13.0. The summed E-state index contributed by atoms with van der Waals surface area (Å²) in [5.74, 6) is -1.59. The van der Waals surface area contributed by atoms with Gasteiger partial charge in [0.25, 0.3) is 0 Å². The van der Waals surface area contributed by atoms with E-state index in [9.17, 15) is 22.8 Å². The van der Waals surface area contributed by atoms with E-state index in [1.807, 2.05) is 0 Å². The topological polar surface area (TPSA) is 40.6 Å². The second-order valence-electron chi connectivity index (χ2n) is 7.02. The number of amides is 2. The molecule has 0 bridgehead atoms. The molecule has 1 aliphatic carbocycles. The summed E-state index contributed by atoms with van der Waals surface area (Å²) in [5, 5.41) is 0.368. The summed E-state index contributed by atoms with van der Waals surface area (Å²) in [5.41, 5.74) is 0.479. The van der Waals surface area contributed by atoms with E-state index in [0.717, 1.165) is 17.7 Å². The Kier molecular flexibility index (Phi) is 5.19. The minimum atomic E-state index is -4.47. The normalized spacial score (nSPS) is 21.8. The zero-order valence-corrected chi connectivity index (χ0v) is 15.1. The molecule has 2 amide bonds. The predicted molar refractivity (Wildman–Crippen MR) is 91.9 cm³/mol. The van der Waals surface area contributed by atoms with Crippen molar-refractivity contribution < 1.29 is 22.8 Å². The quantitative estimate of drug-likeness (QED) is 0.768. The summed E-state index contributed by atoms with van der Waals surface area (Å²) >= 11 is 6.11. The maximum Gasteiger partial charge on any atom is 0.406 e. The molecule has 3 rings (SSSR count). The van der Waals surface area contributed by atoms with E-state index >= 15 is 0 Å². The molecule has 1 heterocycles. The number of carbonyl (C=O) groups is 2. The van der Waals surface area contributed by atoms with Gasteiger partial charge in [-0.05, 0) is 37.8 Å². The van der Waals surface area contributed by atoms with Crippen molar-refractivity contribution in [2.45, 2.75) is 38.4 Å².